The molecule has 2 atom stereocenters. The molecule has 2 bridgehead atoms. The number of aromatic nitrogens is 2. The van der Waals surface area contributed by atoms with E-state index in [1.54, 1.807) is 12.1 Å². The smallest absolute Gasteiger partial charge is 0.224 e. The molecule has 1 N–H and O–H groups in total. The molecule has 3 heterocycles. The number of fused-ring (bicyclic) bond motifs is 2. The monoisotopic (exact) mass is 356 g/mol. The normalized spacial score (nSPS) is 28.3. The van der Waals surface area contributed by atoms with Crippen molar-refractivity contribution in [3.05, 3.63) is 53.6 Å². The van der Waals surface area contributed by atoms with Crippen LogP contribution < -0.4 is 4.90 Å². The molecule has 2 aromatic rings. The highest BCUT2D eigenvalue weighted by Crippen LogP contribution is 2.46. The van der Waals surface area contributed by atoms with Crippen molar-refractivity contribution >= 4 is 5.95 Å². The Hall–Kier alpha value is -2.05. The van der Waals surface area contributed by atoms with Gasteiger partial charge < -0.3 is 10.0 Å². The van der Waals surface area contributed by atoms with E-state index >= 15 is 0 Å². The average molecular weight is 356 g/mol. The third kappa shape index (κ3) is 3.19. The zero-order valence-corrected chi connectivity index (χ0v) is 15.3. The molecule has 2 aliphatic rings. The first-order valence-electron chi connectivity index (χ1n) is 9.17. The predicted molar refractivity (Wildman–Crippen MR) is 98.2 cm³/mol. The van der Waals surface area contributed by atoms with Gasteiger partial charge in [-0.2, -0.15) is 0 Å². The van der Waals surface area contributed by atoms with Crippen LogP contribution in [0.3, 0.4) is 0 Å². The van der Waals surface area contributed by atoms with Crippen molar-refractivity contribution in [2.24, 2.45) is 0 Å². The first-order valence-corrected chi connectivity index (χ1v) is 9.17. The van der Waals surface area contributed by atoms with Crippen LogP contribution in [0.1, 0.15) is 36.8 Å². The van der Waals surface area contributed by atoms with Gasteiger partial charge >= 0.3 is 0 Å². The zero-order chi connectivity index (χ0) is 18.3. The van der Waals surface area contributed by atoms with Gasteiger partial charge in [-0.25, -0.2) is 14.4 Å². The van der Waals surface area contributed by atoms with Crippen molar-refractivity contribution in [1.82, 2.24) is 14.9 Å². The molecule has 6 heteroatoms. The molecule has 4 rings (SSSR count). The summed E-state index contributed by atoms with van der Waals surface area (Å²) >= 11 is 0. The molecule has 0 saturated carbocycles. The summed E-state index contributed by atoms with van der Waals surface area (Å²) in [6, 6.07) is 6.97. The Labute approximate surface area is 153 Å². The van der Waals surface area contributed by atoms with Crippen molar-refractivity contribution in [3.8, 4) is 0 Å². The van der Waals surface area contributed by atoms with E-state index < -0.39 is 5.60 Å². The van der Waals surface area contributed by atoms with Gasteiger partial charge in [0.15, 0.2) is 0 Å². The van der Waals surface area contributed by atoms with Crippen LogP contribution in [0, 0.1) is 5.82 Å². The summed E-state index contributed by atoms with van der Waals surface area (Å²) in [5.74, 6) is 0.444. The van der Waals surface area contributed by atoms with Crippen LogP contribution in [0.25, 0.3) is 0 Å². The van der Waals surface area contributed by atoms with Gasteiger partial charge in [0.25, 0.3) is 0 Å². The van der Waals surface area contributed by atoms with E-state index in [-0.39, 0.29) is 5.82 Å². The molecule has 0 amide bonds. The minimum atomic E-state index is -0.860. The minimum absolute atomic E-state index is 0.265. The molecule has 2 saturated heterocycles. The molecule has 2 aliphatic heterocycles. The third-order valence-electron chi connectivity index (χ3n) is 5.76. The van der Waals surface area contributed by atoms with Crippen LogP contribution in [0.15, 0.2) is 36.7 Å². The van der Waals surface area contributed by atoms with Crippen molar-refractivity contribution < 1.29 is 9.50 Å². The quantitative estimate of drug-likeness (QED) is 0.913. The lowest BCUT2D eigenvalue weighted by atomic mass is 9.80. The Kier molecular flexibility index (Phi) is 4.40. The molecule has 2 fully saturated rings. The lowest BCUT2D eigenvalue weighted by Gasteiger charge is -2.44. The fourth-order valence-electron chi connectivity index (χ4n) is 4.44. The third-order valence-corrected chi connectivity index (χ3v) is 5.76. The Balaban J connectivity index is 1.49. The number of hydrogen-bond donors (Lipinski definition) is 1. The largest absolute Gasteiger partial charge is 0.385 e. The highest BCUT2D eigenvalue weighted by molar-refractivity contribution is 5.28. The van der Waals surface area contributed by atoms with Crippen LogP contribution in [0.2, 0.25) is 0 Å². The van der Waals surface area contributed by atoms with Crippen molar-refractivity contribution in [3.63, 3.8) is 0 Å². The second-order valence-electron chi connectivity index (χ2n) is 7.79. The maximum atomic E-state index is 13.2. The predicted octanol–water partition coefficient (Wildman–Crippen LogP) is 2.70. The second-order valence-corrected chi connectivity index (χ2v) is 7.79. The Bertz CT molecular complexity index is 748. The van der Waals surface area contributed by atoms with Gasteiger partial charge in [-0.05, 0) is 43.4 Å². The summed E-state index contributed by atoms with van der Waals surface area (Å²) in [7, 11) is 3.85. The first kappa shape index (κ1) is 17.4. The summed E-state index contributed by atoms with van der Waals surface area (Å²) in [6.07, 6.45) is 7.33. The number of benzene rings is 1. The Morgan fingerprint density at radius 1 is 1.12 bits per heavy atom. The molecular formula is C20H25FN4O. The van der Waals surface area contributed by atoms with Gasteiger partial charge in [-0.15, -0.1) is 0 Å². The number of piperidine rings is 1. The molecule has 26 heavy (non-hydrogen) atoms. The lowest BCUT2D eigenvalue weighted by molar-refractivity contribution is -0.0595. The fourth-order valence-corrected chi connectivity index (χ4v) is 4.44. The van der Waals surface area contributed by atoms with E-state index in [1.807, 2.05) is 31.4 Å². The molecule has 0 radical (unpaired) electrons. The minimum Gasteiger partial charge on any atom is -0.385 e. The first-order chi connectivity index (χ1) is 12.4. The standard InChI is InChI=1S/C20H25FN4O/c1-24(2)19-22-11-14(12-23-19)13-25-17-7-8-18(25)10-20(26,9-17)15-3-5-16(21)6-4-15/h3-6,11-12,17-18,26H,7-10,13H2,1-2H3/t17-,18-/m1/s1. The lowest BCUT2D eigenvalue weighted by Crippen LogP contribution is -2.49. The summed E-state index contributed by atoms with van der Waals surface area (Å²) in [5, 5.41) is 11.2. The molecule has 1 aromatic carbocycles. The second kappa shape index (κ2) is 6.59. The molecule has 5 nitrogen and oxygen atoms in total. The molecule has 0 aliphatic carbocycles. The molecule has 138 valence electrons. The van der Waals surface area contributed by atoms with E-state index in [2.05, 4.69) is 14.9 Å². The van der Waals surface area contributed by atoms with Gasteiger partial charge in [-0.1, -0.05) is 12.1 Å². The Morgan fingerprint density at radius 2 is 1.69 bits per heavy atom. The van der Waals surface area contributed by atoms with E-state index in [0.29, 0.717) is 30.9 Å². The summed E-state index contributed by atoms with van der Waals surface area (Å²) in [4.78, 5) is 13.2. The van der Waals surface area contributed by atoms with Gasteiger partial charge in [0.2, 0.25) is 5.95 Å². The van der Waals surface area contributed by atoms with Gasteiger partial charge in [0, 0.05) is 50.7 Å². The van der Waals surface area contributed by atoms with E-state index in [9.17, 15) is 9.50 Å². The number of hydrogen-bond acceptors (Lipinski definition) is 5. The highest BCUT2D eigenvalue weighted by atomic mass is 19.1. The fraction of sp³-hybridized carbons (Fsp3) is 0.500. The van der Waals surface area contributed by atoms with Crippen molar-refractivity contribution in [2.45, 2.75) is 49.9 Å². The van der Waals surface area contributed by atoms with E-state index in [0.717, 1.165) is 30.5 Å². The highest BCUT2D eigenvalue weighted by Gasteiger charge is 2.48. The number of anilines is 1. The van der Waals surface area contributed by atoms with Crippen LogP contribution >= 0.6 is 0 Å². The van der Waals surface area contributed by atoms with Crippen molar-refractivity contribution in [1.29, 1.82) is 0 Å². The average Bonchev–Trinajstić information content (AvgIpc) is 2.86. The zero-order valence-electron chi connectivity index (χ0n) is 15.3. The summed E-state index contributed by atoms with van der Waals surface area (Å²) < 4.78 is 13.2. The van der Waals surface area contributed by atoms with Gasteiger partial charge in [-0.3, -0.25) is 4.90 Å². The number of rotatable bonds is 4. The number of nitrogens with zero attached hydrogens (tertiary/aromatic N) is 4. The van der Waals surface area contributed by atoms with Crippen molar-refractivity contribution in [2.75, 3.05) is 19.0 Å². The van der Waals surface area contributed by atoms with Crippen LogP contribution in [0.5, 0.6) is 0 Å². The molecule has 0 spiro atoms. The van der Waals surface area contributed by atoms with Crippen LogP contribution in [-0.2, 0) is 12.1 Å². The number of aliphatic hydroxyl groups is 1. The van der Waals surface area contributed by atoms with Gasteiger partial charge in [0.05, 0.1) is 5.60 Å². The maximum Gasteiger partial charge on any atom is 0.224 e. The van der Waals surface area contributed by atoms with Crippen LogP contribution in [-0.4, -0.2) is 46.2 Å². The van der Waals surface area contributed by atoms with E-state index in [4.69, 9.17) is 0 Å². The summed E-state index contributed by atoms with van der Waals surface area (Å²) in [5.41, 5.74) is 1.07. The van der Waals surface area contributed by atoms with Crippen LogP contribution in [0.4, 0.5) is 10.3 Å². The number of halogens is 1. The molecule has 0 unspecified atom stereocenters. The van der Waals surface area contributed by atoms with Gasteiger partial charge in [0.1, 0.15) is 5.82 Å². The summed E-state index contributed by atoms with van der Waals surface area (Å²) in [6.45, 7) is 0.808. The van der Waals surface area contributed by atoms with E-state index in [1.165, 1.54) is 12.1 Å². The Morgan fingerprint density at radius 3 is 2.23 bits per heavy atom. The SMILES string of the molecule is CN(C)c1ncc(CN2[C@@H]3CC[C@@H]2CC(O)(c2ccc(F)cc2)C3)cn1. The molecule has 1 aromatic heterocycles. The molecular weight excluding hydrogens is 331 g/mol. The topological polar surface area (TPSA) is 52.5 Å². The maximum absolute atomic E-state index is 13.2.